The van der Waals surface area contributed by atoms with Crippen LogP contribution >= 0.6 is 0 Å². The van der Waals surface area contributed by atoms with Crippen LogP contribution in [0.1, 0.15) is 30.5 Å². The number of hydrogen-bond donors (Lipinski definition) is 0. The summed E-state index contributed by atoms with van der Waals surface area (Å²) < 4.78 is 2.21. The number of pyridine rings is 1. The molecule has 5 nitrogen and oxygen atoms in total. The third-order valence-corrected chi connectivity index (χ3v) is 6.22. The van der Waals surface area contributed by atoms with Crippen molar-refractivity contribution in [2.24, 2.45) is 12.5 Å². The average molecular weight is 352 g/mol. The molecule has 0 aromatic carbocycles. The minimum atomic E-state index is 0.251. The van der Waals surface area contributed by atoms with Crippen molar-refractivity contribution in [3.8, 4) is 0 Å². The topological polar surface area (TPSA) is 41.4 Å². The molecule has 0 radical (unpaired) electrons. The maximum atomic E-state index is 12.6. The summed E-state index contributed by atoms with van der Waals surface area (Å²) in [7, 11) is 2.11. The Morgan fingerprint density at radius 3 is 2.65 bits per heavy atom. The van der Waals surface area contributed by atoms with Crippen LogP contribution in [0.2, 0.25) is 0 Å². The fraction of sp³-hybridized carbons (Fsp3) is 0.524. The van der Waals surface area contributed by atoms with Gasteiger partial charge in [-0.3, -0.25) is 14.7 Å². The predicted molar refractivity (Wildman–Crippen MR) is 101 cm³/mol. The van der Waals surface area contributed by atoms with Gasteiger partial charge in [0.2, 0.25) is 5.91 Å². The Morgan fingerprint density at radius 2 is 1.96 bits per heavy atom. The fourth-order valence-corrected chi connectivity index (χ4v) is 4.42. The lowest BCUT2D eigenvalue weighted by molar-refractivity contribution is -0.130. The molecule has 1 spiro atoms. The SMILES string of the molecule is Cn1cccc1CN1CCC2(CC1)CCN(C(=O)Cc1cccnc1)C2. The van der Waals surface area contributed by atoms with Gasteiger partial charge in [-0.2, -0.15) is 0 Å². The molecule has 2 saturated heterocycles. The van der Waals surface area contributed by atoms with Gasteiger partial charge in [0.15, 0.2) is 0 Å². The number of aromatic nitrogens is 2. The molecule has 4 rings (SSSR count). The van der Waals surface area contributed by atoms with Crippen molar-refractivity contribution in [2.45, 2.75) is 32.2 Å². The first-order chi connectivity index (χ1) is 12.6. The van der Waals surface area contributed by atoms with Gasteiger partial charge in [-0.05, 0) is 61.5 Å². The predicted octanol–water partition coefficient (Wildman–Crippen LogP) is 2.48. The molecule has 2 fully saturated rings. The molecule has 0 aliphatic carbocycles. The molecule has 138 valence electrons. The quantitative estimate of drug-likeness (QED) is 0.849. The number of aryl methyl sites for hydroxylation is 1. The maximum absolute atomic E-state index is 12.6. The molecule has 0 saturated carbocycles. The Labute approximate surface area is 155 Å². The molecule has 0 N–H and O–H groups in total. The largest absolute Gasteiger partial charge is 0.353 e. The summed E-state index contributed by atoms with van der Waals surface area (Å²) in [5.41, 5.74) is 2.73. The van der Waals surface area contributed by atoms with Crippen molar-refractivity contribution >= 4 is 5.91 Å². The van der Waals surface area contributed by atoms with E-state index in [1.165, 1.54) is 18.5 Å². The molecule has 0 bridgehead atoms. The zero-order chi connectivity index (χ0) is 18.0. The molecular weight excluding hydrogens is 324 g/mol. The third-order valence-electron chi connectivity index (χ3n) is 6.22. The normalized spacial score (nSPS) is 20.0. The van der Waals surface area contributed by atoms with E-state index in [0.29, 0.717) is 11.8 Å². The van der Waals surface area contributed by atoms with Gasteiger partial charge >= 0.3 is 0 Å². The minimum Gasteiger partial charge on any atom is -0.353 e. The molecular formula is C21H28N4O. The Balaban J connectivity index is 1.30. The zero-order valence-corrected chi connectivity index (χ0v) is 15.6. The van der Waals surface area contributed by atoms with E-state index in [2.05, 4.69) is 44.7 Å². The minimum absolute atomic E-state index is 0.251. The van der Waals surface area contributed by atoms with Crippen molar-refractivity contribution in [3.05, 3.63) is 54.1 Å². The van der Waals surface area contributed by atoms with Gasteiger partial charge in [0, 0.05) is 51.0 Å². The molecule has 0 atom stereocenters. The van der Waals surface area contributed by atoms with Gasteiger partial charge in [-0.25, -0.2) is 0 Å². The van der Waals surface area contributed by atoms with E-state index in [1.54, 1.807) is 12.4 Å². The number of nitrogens with zero attached hydrogens (tertiary/aromatic N) is 4. The van der Waals surface area contributed by atoms with Crippen molar-refractivity contribution in [1.82, 2.24) is 19.4 Å². The van der Waals surface area contributed by atoms with Crippen LogP contribution in [0.5, 0.6) is 0 Å². The van der Waals surface area contributed by atoms with Crippen LogP contribution in [0.4, 0.5) is 0 Å². The first-order valence-corrected chi connectivity index (χ1v) is 9.63. The van der Waals surface area contributed by atoms with Crippen molar-refractivity contribution in [2.75, 3.05) is 26.2 Å². The van der Waals surface area contributed by atoms with Crippen molar-refractivity contribution < 1.29 is 4.79 Å². The van der Waals surface area contributed by atoms with Crippen LogP contribution < -0.4 is 0 Å². The molecule has 2 aromatic rings. The highest BCUT2D eigenvalue weighted by Gasteiger charge is 2.41. The molecule has 4 heterocycles. The second kappa shape index (κ2) is 7.23. The highest BCUT2D eigenvalue weighted by molar-refractivity contribution is 5.79. The maximum Gasteiger partial charge on any atom is 0.227 e. The third kappa shape index (κ3) is 3.68. The summed E-state index contributed by atoms with van der Waals surface area (Å²) in [6, 6.07) is 8.21. The first-order valence-electron chi connectivity index (χ1n) is 9.63. The van der Waals surface area contributed by atoms with Crippen molar-refractivity contribution in [3.63, 3.8) is 0 Å². The highest BCUT2D eigenvalue weighted by Crippen LogP contribution is 2.40. The van der Waals surface area contributed by atoms with E-state index in [1.807, 2.05) is 12.1 Å². The summed E-state index contributed by atoms with van der Waals surface area (Å²) in [4.78, 5) is 21.4. The molecule has 2 aliphatic rings. The smallest absolute Gasteiger partial charge is 0.227 e. The summed E-state index contributed by atoms with van der Waals surface area (Å²) >= 11 is 0. The second-order valence-electron chi connectivity index (χ2n) is 7.99. The van der Waals surface area contributed by atoms with Crippen LogP contribution in [0, 0.1) is 5.41 Å². The Bertz CT molecular complexity index is 746. The number of carbonyl (C=O) groups is 1. The van der Waals surface area contributed by atoms with Gasteiger partial charge in [0.05, 0.1) is 6.42 Å². The Kier molecular flexibility index (Phi) is 4.81. The van der Waals surface area contributed by atoms with Crippen LogP contribution in [-0.4, -0.2) is 51.4 Å². The van der Waals surface area contributed by atoms with Gasteiger partial charge in [0.1, 0.15) is 0 Å². The lowest BCUT2D eigenvalue weighted by Crippen LogP contribution is -2.42. The lowest BCUT2D eigenvalue weighted by Gasteiger charge is -2.39. The van der Waals surface area contributed by atoms with E-state index >= 15 is 0 Å². The molecule has 0 unspecified atom stereocenters. The van der Waals surface area contributed by atoms with E-state index in [9.17, 15) is 4.79 Å². The van der Waals surface area contributed by atoms with Gasteiger partial charge in [-0.1, -0.05) is 6.07 Å². The molecule has 2 aromatic heterocycles. The summed E-state index contributed by atoms with van der Waals surface area (Å²) in [6.07, 6.45) is 9.70. The molecule has 5 heteroatoms. The number of likely N-dealkylation sites (tertiary alicyclic amines) is 2. The van der Waals surface area contributed by atoms with Gasteiger partial charge in [0.25, 0.3) is 0 Å². The van der Waals surface area contributed by atoms with Gasteiger partial charge in [-0.15, -0.1) is 0 Å². The van der Waals surface area contributed by atoms with Crippen LogP contribution in [0.15, 0.2) is 42.9 Å². The van der Waals surface area contributed by atoms with E-state index < -0.39 is 0 Å². The lowest BCUT2D eigenvalue weighted by atomic mass is 9.78. The number of carbonyl (C=O) groups excluding carboxylic acids is 1. The summed E-state index contributed by atoms with van der Waals surface area (Å²) in [5.74, 6) is 0.251. The monoisotopic (exact) mass is 352 g/mol. The zero-order valence-electron chi connectivity index (χ0n) is 15.6. The summed E-state index contributed by atoms with van der Waals surface area (Å²) in [5, 5.41) is 0. The molecule has 26 heavy (non-hydrogen) atoms. The van der Waals surface area contributed by atoms with Gasteiger partial charge < -0.3 is 9.47 Å². The highest BCUT2D eigenvalue weighted by atomic mass is 16.2. The number of hydrogen-bond acceptors (Lipinski definition) is 3. The van der Waals surface area contributed by atoms with E-state index in [4.69, 9.17) is 0 Å². The molecule has 1 amide bonds. The number of amides is 1. The number of rotatable bonds is 4. The Hall–Kier alpha value is -2.14. The second-order valence-corrected chi connectivity index (χ2v) is 7.99. The van der Waals surface area contributed by atoms with Crippen LogP contribution in [-0.2, 0) is 24.8 Å². The summed E-state index contributed by atoms with van der Waals surface area (Å²) in [6.45, 7) is 5.15. The Morgan fingerprint density at radius 1 is 1.15 bits per heavy atom. The van der Waals surface area contributed by atoms with Crippen molar-refractivity contribution in [1.29, 1.82) is 0 Å². The first kappa shape index (κ1) is 17.3. The number of piperidine rings is 1. The standard InChI is InChI=1S/C21H28N4O/c1-23-10-3-5-19(23)16-24-11-6-21(7-12-24)8-13-25(17-21)20(26)14-18-4-2-9-22-15-18/h2-5,9-10,15H,6-8,11-14,16-17H2,1H3. The van der Waals surface area contributed by atoms with Crippen LogP contribution in [0.25, 0.3) is 0 Å². The fourth-order valence-electron chi connectivity index (χ4n) is 4.42. The average Bonchev–Trinajstić information content (AvgIpc) is 3.25. The van der Waals surface area contributed by atoms with Crippen LogP contribution in [0.3, 0.4) is 0 Å². The molecule has 2 aliphatic heterocycles. The van der Waals surface area contributed by atoms with E-state index in [-0.39, 0.29) is 5.91 Å². The van der Waals surface area contributed by atoms with E-state index in [0.717, 1.165) is 44.7 Å².